The third kappa shape index (κ3) is 9.22. The van der Waals surface area contributed by atoms with E-state index < -0.39 is 23.7 Å². The van der Waals surface area contributed by atoms with Crippen molar-refractivity contribution in [2.75, 3.05) is 38.1 Å². The number of fused-ring (bicyclic) bond motifs is 1. The largest absolute Gasteiger partial charge is 0.480 e. The third-order valence-corrected chi connectivity index (χ3v) is 6.89. The van der Waals surface area contributed by atoms with Gasteiger partial charge >= 0.3 is 5.97 Å². The summed E-state index contributed by atoms with van der Waals surface area (Å²) in [4.78, 5) is 31.4. The topological polar surface area (TPSA) is 104 Å². The summed E-state index contributed by atoms with van der Waals surface area (Å²) in [6.45, 7) is 7.30. The number of nitrogens with zero attached hydrogens (tertiary/aromatic N) is 2. The molecule has 0 fully saturated rings. The van der Waals surface area contributed by atoms with Crippen LogP contribution in [-0.4, -0.2) is 71.8 Å². The number of anilines is 1. The van der Waals surface area contributed by atoms with Gasteiger partial charge in [0.2, 0.25) is 0 Å². The second-order valence-electron chi connectivity index (χ2n) is 9.81. The van der Waals surface area contributed by atoms with Crippen LogP contribution in [0.1, 0.15) is 61.1 Å². The first-order valence-electron chi connectivity index (χ1n) is 13.3. The predicted octanol–water partition coefficient (Wildman–Crippen LogP) is 4.56. The van der Waals surface area contributed by atoms with Gasteiger partial charge in [-0.3, -0.25) is 4.79 Å². The number of carboxylic acid groups (broad SMARTS) is 1. The number of aryl methyl sites for hydroxylation is 2. The lowest BCUT2D eigenvalue weighted by atomic mass is 10.1. The summed E-state index contributed by atoms with van der Waals surface area (Å²) < 4.78 is 19.4. The zero-order valence-corrected chi connectivity index (χ0v) is 22.9. The van der Waals surface area contributed by atoms with Gasteiger partial charge in [0.1, 0.15) is 17.7 Å². The van der Waals surface area contributed by atoms with Gasteiger partial charge in [-0.2, -0.15) is 0 Å². The molecule has 0 saturated carbocycles. The number of pyridine rings is 1. The number of nitrogens with one attached hydrogen (secondary N) is 2. The minimum absolute atomic E-state index is 0.0916. The molecule has 3 rings (SSSR count). The normalized spacial score (nSPS) is 13.7. The van der Waals surface area contributed by atoms with Crippen LogP contribution in [0.25, 0.3) is 0 Å². The minimum atomic E-state index is -1.16. The number of carbonyl (C=O) groups excluding carboxylic acids is 1. The number of amides is 1. The first-order chi connectivity index (χ1) is 18.2. The maximum atomic E-state index is 13.7. The van der Waals surface area contributed by atoms with Crippen LogP contribution < -0.4 is 10.6 Å². The lowest BCUT2D eigenvalue weighted by Gasteiger charge is -2.25. The quantitative estimate of drug-likeness (QED) is 0.280. The standard InChI is InChI=1S/C28H38ClFN4O4/c1-19(2)38-18-17-34(15-4-3-8-21-12-11-20-7-6-14-31-26(20)32-21)16-13-24(28(36)37)33-27(35)22-9-5-10-23(30)25(22)29/h5,9-12,19,24H,3-4,6-8,13-18H2,1-2H3,(H,31,32)(H,33,35)(H,36,37). The maximum Gasteiger partial charge on any atom is 0.326 e. The molecule has 2 aromatic rings. The summed E-state index contributed by atoms with van der Waals surface area (Å²) in [7, 11) is 0. The smallest absolute Gasteiger partial charge is 0.326 e. The molecule has 1 aromatic carbocycles. The molecule has 8 nitrogen and oxygen atoms in total. The number of aliphatic carboxylic acids is 1. The van der Waals surface area contributed by atoms with E-state index in [-0.39, 0.29) is 23.1 Å². The second kappa shape index (κ2) is 15.0. The van der Waals surface area contributed by atoms with Gasteiger partial charge in [0.15, 0.2) is 0 Å². The molecule has 38 heavy (non-hydrogen) atoms. The molecule has 2 heterocycles. The van der Waals surface area contributed by atoms with Crippen molar-refractivity contribution in [2.45, 2.75) is 64.5 Å². The number of hydrogen-bond donors (Lipinski definition) is 3. The van der Waals surface area contributed by atoms with Gasteiger partial charge in [0, 0.05) is 25.3 Å². The van der Waals surface area contributed by atoms with Crippen molar-refractivity contribution in [1.29, 1.82) is 0 Å². The molecule has 0 radical (unpaired) electrons. The van der Waals surface area contributed by atoms with E-state index in [2.05, 4.69) is 27.7 Å². The molecule has 1 aliphatic heterocycles. The number of halogens is 2. The Morgan fingerprint density at radius 3 is 2.79 bits per heavy atom. The van der Waals surface area contributed by atoms with Crippen LogP contribution in [0.4, 0.5) is 10.2 Å². The fraction of sp³-hybridized carbons (Fsp3) is 0.536. The molecule has 0 aliphatic carbocycles. The van der Waals surface area contributed by atoms with Crippen LogP contribution in [0.5, 0.6) is 0 Å². The van der Waals surface area contributed by atoms with Crippen molar-refractivity contribution in [1.82, 2.24) is 15.2 Å². The van der Waals surface area contributed by atoms with Gasteiger partial charge in [-0.1, -0.05) is 23.7 Å². The van der Waals surface area contributed by atoms with E-state index in [0.29, 0.717) is 19.7 Å². The summed E-state index contributed by atoms with van der Waals surface area (Å²) in [6, 6.07) is 6.99. The van der Waals surface area contributed by atoms with E-state index in [4.69, 9.17) is 21.3 Å². The minimum Gasteiger partial charge on any atom is -0.480 e. The number of carbonyl (C=O) groups is 2. The number of rotatable bonds is 15. The highest BCUT2D eigenvalue weighted by Gasteiger charge is 2.23. The van der Waals surface area contributed by atoms with Crippen molar-refractivity contribution >= 4 is 29.3 Å². The van der Waals surface area contributed by atoms with Crippen LogP contribution in [0.2, 0.25) is 5.02 Å². The molecule has 1 aliphatic rings. The van der Waals surface area contributed by atoms with Crippen LogP contribution in [0.15, 0.2) is 30.3 Å². The Morgan fingerprint density at radius 2 is 2.03 bits per heavy atom. The molecule has 3 N–H and O–H groups in total. The first-order valence-corrected chi connectivity index (χ1v) is 13.7. The lowest BCUT2D eigenvalue weighted by molar-refractivity contribution is -0.139. The Morgan fingerprint density at radius 1 is 1.21 bits per heavy atom. The van der Waals surface area contributed by atoms with E-state index in [0.717, 1.165) is 62.8 Å². The monoisotopic (exact) mass is 548 g/mol. The molecular weight excluding hydrogens is 511 g/mol. The molecular formula is C28H38ClFN4O4. The molecule has 1 amide bonds. The zero-order valence-electron chi connectivity index (χ0n) is 22.1. The van der Waals surface area contributed by atoms with Crippen molar-refractivity contribution < 1.29 is 23.8 Å². The Hall–Kier alpha value is -2.75. The van der Waals surface area contributed by atoms with Gasteiger partial charge in [0.25, 0.3) is 5.91 Å². The van der Waals surface area contributed by atoms with Gasteiger partial charge in [0.05, 0.1) is 23.3 Å². The van der Waals surface area contributed by atoms with Crippen molar-refractivity contribution in [3.8, 4) is 0 Å². The lowest BCUT2D eigenvalue weighted by Crippen LogP contribution is -2.43. The average molecular weight is 549 g/mol. The van der Waals surface area contributed by atoms with Crippen molar-refractivity contribution in [3.63, 3.8) is 0 Å². The number of aromatic nitrogens is 1. The molecule has 0 saturated heterocycles. The predicted molar refractivity (Wildman–Crippen MR) is 146 cm³/mol. The average Bonchev–Trinajstić information content (AvgIpc) is 2.89. The fourth-order valence-corrected chi connectivity index (χ4v) is 4.60. The van der Waals surface area contributed by atoms with E-state index >= 15 is 0 Å². The number of ether oxygens (including phenoxy) is 1. The van der Waals surface area contributed by atoms with Crippen LogP contribution in [0.3, 0.4) is 0 Å². The highest BCUT2D eigenvalue weighted by Crippen LogP contribution is 2.21. The van der Waals surface area contributed by atoms with Crippen LogP contribution in [0, 0.1) is 5.82 Å². The van der Waals surface area contributed by atoms with Crippen LogP contribution in [-0.2, 0) is 22.4 Å². The van der Waals surface area contributed by atoms with E-state index in [1.165, 1.54) is 17.7 Å². The van der Waals surface area contributed by atoms with Gasteiger partial charge < -0.3 is 25.4 Å². The fourth-order valence-electron chi connectivity index (χ4n) is 4.39. The number of hydrogen-bond acceptors (Lipinski definition) is 6. The molecule has 10 heteroatoms. The van der Waals surface area contributed by atoms with E-state index in [1.54, 1.807) is 0 Å². The van der Waals surface area contributed by atoms with Gasteiger partial charge in [-0.05, 0) is 82.7 Å². The van der Waals surface area contributed by atoms with E-state index in [9.17, 15) is 19.1 Å². The molecule has 1 atom stereocenters. The van der Waals surface area contributed by atoms with Crippen molar-refractivity contribution in [2.24, 2.45) is 0 Å². The summed E-state index contributed by atoms with van der Waals surface area (Å²) in [6.07, 6.45) is 5.22. The first kappa shape index (κ1) is 29.8. The van der Waals surface area contributed by atoms with Gasteiger partial charge in [-0.15, -0.1) is 0 Å². The molecule has 208 valence electrons. The van der Waals surface area contributed by atoms with E-state index in [1.807, 2.05) is 13.8 Å². The Kier molecular flexibility index (Phi) is 11.8. The Labute approximate surface area is 228 Å². The highest BCUT2D eigenvalue weighted by atomic mass is 35.5. The number of carboxylic acids is 1. The Balaban J connectivity index is 1.52. The van der Waals surface area contributed by atoms with Crippen molar-refractivity contribution in [3.05, 3.63) is 58.0 Å². The van der Waals surface area contributed by atoms with Crippen LogP contribution >= 0.6 is 11.6 Å². The summed E-state index contributed by atoms with van der Waals surface area (Å²) >= 11 is 5.90. The molecule has 0 bridgehead atoms. The SMILES string of the molecule is CC(C)OCCN(CCCCc1ccc2c(n1)NCCC2)CCC(NC(=O)c1cccc(F)c1Cl)C(=O)O. The number of benzene rings is 1. The second-order valence-corrected chi connectivity index (χ2v) is 10.2. The summed E-state index contributed by atoms with van der Waals surface area (Å²) in [5, 5.41) is 15.2. The molecule has 1 aromatic heterocycles. The number of unbranched alkanes of at least 4 members (excludes halogenated alkanes) is 1. The highest BCUT2D eigenvalue weighted by molar-refractivity contribution is 6.34. The zero-order chi connectivity index (χ0) is 27.5. The Bertz CT molecular complexity index is 1080. The molecule has 1 unspecified atom stereocenters. The summed E-state index contributed by atoms with van der Waals surface area (Å²) in [5.41, 5.74) is 2.25. The summed E-state index contributed by atoms with van der Waals surface area (Å²) in [5.74, 6) is -1.60. The third-order valence-electron chi connectivity index (χ3n) is 6.50. The maximum absolute atomic E-state index is 13.7. The van der Waals surface area contributed by atoms with Gasteiger partial charge in [-0.25, -0.2) is 14.2 Å². The molecule has 0 spiro atoms.